The van der Waals surface area contributed by atoms with Crippen LogP contribution in [0.3, 0.4) is 0 Å². The standard InChI is InChI=1S/C12H19F3N2O3/c1-3-20-7-11(19)17-6-9(16-8(2)18)4-5-10(17)12(13,14)15/h9-10H,3-7H2,1-2H3,(H,16,18)/t9-,10+/m0/s1. The van der Waals surface area contributed by atoms with Crippen molar-refractivity contribution in [3.05, 3.63) is 0 Å². The maximum Gasteiger partial charge on any atom is 0.408 e. The Balaban J connectivity index is 2.77. The van der Waals surface area contributed by atoms with Gasteiger partial charge < -0.3 is 15.0 Å². The van der Waals surface area contributed by atoms with E-state index in [9.17, 15) is 22.8 Å². The van der Waals surface area contributed by atoms with Gasteiger partial charge in [-0.15, -0.1) is 0 Å². The molecule has 0 bridgehead atoms. The van der Waals surface area contributed by atoms with Gasteiger partial charge in [0.2, 0.25) is 11.8 Å². The van der Waals surface area contributed by atoms with Crippen molar-refractivity contribution in [1.82, 2.24) is 10.2 Å². The summed E-state index contributed by atoms with van der Waals surface area (Å²) < 4.78 is 43.7. The second-order valence-corrected chi connectivity index (χ2v) is 4.72. The van der Waals surface area contributed by atoms with Crippen LogP contribution in [0.2, 0.25) is 0 Å². The Morgan fingerprint density at radius 3 is 2.50 bits per heavy atom. The van der Waals surface area contributed by atoms with E-state index in [-0.39, 0.29) is 38.5 Å². The van der Waals surface area contributed by atoms with Crippen molar-refractivity contribution in [2.45, 2.75) is 44.9 Å². The van der Waals surface area contributed by atoms with Gasteiger partial charge in [0.25, 0.3) is 0 Å². The second kappa shape index (κ2) is 6.92. The maximum absolute atomic E-state index is 12.9. The van der Waals surface area contributed by atoms with Gasteiger partial charge in [0, 0.05) is 26.1 Å². The average molecular weight is 296 g/mol. The lowest BCUT2D eigenvalue weighted by Gasteiger charge is -2.40. The number of halogens is 3. The number of carbonyl (C=O) groups excluding carboxylic acids is 2. The van der Waals surface area contributed by atoms with Crippen LogP contribution in [0.5, 0.6) is 0 Å². The molecule has 8 heteroatoms. The quantitative estimate of drug-likeness (QED) is 0.844. The first-order valence-electron chi connectivity index (χ1n) is 6.46. The molecule has 0 saturated carbocycles. The van der Waals surface area contributed by atoms with Gasteiger partial charge in [0.15, 0.2) is 0 Å². The number of hydrogen-bond acceptors (Lipinski definition) is 3. The smallest absolute Gasteiger partial charge is 0.372 e. The van der Waals surface area contributed by atoms with Crippen LogP contribution in [0, 0.1) is 0 Å². The molecule has 0 radical (unpaired) electrons. The molecule has 1 saturated heterocycles. The highest BCUT2D eigenvalue weighted by molar-refractivity contribution is 5.78. The fraction of sp³-hybridized carbons (Fsp3) is 0.833. The van der Waals surface area contributed by atoms with E-state index in [2.05, 4.69) is 5.32 Å². The van der Waals surface area contributed by atoms with E-state index in [1.807, 2.05) is 0 Å². The van der Waals surface area contributed by atoms with E-state index in [1.54, 1.807) is 6.92 Å². The van der Waals surface area contributed by atoms with Crippen molar-refractivity contribution in [1.29, 1.82) is 0 Å². The van der Waals surface area contributed by atoms with E-state index in [4.69, 9.17) is 4.74 Å². The molecule has 1 fully saturated rings. The largest absolute Gasteiger partial charge is 0.408 e. The van der Waals surface area contributed by atoms with Gasteiger partial charge in [0.1, 0.15) is 12.6 Å². The molecule has 1 aliphatic rings. The SMILES string of the molecule is CCOCC(=O)N1C[C@@H](NC(C)=O)CC[C@@H]1C(F)(F)F. The van der Waals surface area contributed by atoms with Gasteiger partial charge in [-0.2, -0.15) is 13.2 Å². The number of alkyl halides is 3. The average Bonchev–Trinajstić information content (AvgIpc) is 2.33. The topological polar surface area (TPSA) is 58.6 Å². The number of piperidine rings is 1. The molecule has 2 atom stereocenters. The monoisotopic (exact) mass is 296 g/mol. The molecule has 0 aromatic heterocycles. The molecule has 1 rings (SSSR count). The van der Waals surface area contributed by atoms with Crippen molar-refractivity contribution in [2.24, 2.45) is 0 Å². The molecule has 0 aliphatic carbocycles. The van der Waals surface area contributed by atoms with E-state index in [1.165, 1.54) is 6.92 Å². The van der Waals surface area contributed by atoms with Gasteiger partial charge in [-0.3, -0.25) is 9.59 Å². The lowest BCUT2D eigenvalue weighted by atomic mass is 9.97. The molecule has 0 unspecified atom stereocenters. The van der Waals surface area contributed by atoms with Crippen molar-refractivity contribution >= 4 is 11.8 Å². The molecule has 0 aromatic carbocycles. The van der Waals surface area contributed by atoms with Gasteiger partial charge in [-0.05, 0) is 19.8 Å². The first-order valence-corrected chi connectivity index (χ1v) is 6.46. The fourth-order valence-corrected chi connectivity index (χ4v) is 2.26. The van der Waals surface area contributed by atoms with Crippen LogP contribution in [0.25, 0.3) is 0 Å². The van der Waals surface area contributed by atoms with Crippen molar-refractivity contribution in [2.75, 3.05) is 19.8 Å². The molecule has 1 aliphatic heterocycles. The Bertz CT molecular complexity index is 360. The second-order valence-electron chi connectivity index (χ2n) is 4.72. The molecule has 1 heterocycles. The summed E-state index contributed by atoms with van der Waals surface area (Å²) in [6, 6.07) is -2.25. The van der Waals surface area contributed by atoms with Crippen LogP contribution in [0.1, 0.15) is 26.7 Å². The first-order chi connectivity index (χ1) is 9.25. The molecule has 0 spiro atoms. The number of nitrogens with one attached hydrogen (secondary N) is 1. The normalized spacial score (nSPS) is 23.6. The molecule has 116 valence electrons. The number of amides is 2. The summed E-state index contributed by atoms with van der Waals surface area (Å²) in [5.74, 6) is -1.03. The number of likely N-dealkylation sites (tertiary alicyclic amines) is 1. The van der Waals surface area contributed by atoms with Crippen LogP contribution in [-0.2, 0) is 14.3 Å². The number of ether oxygens (including phenoxy) is 1. The minimum atomic E-state index is -4.47. The van der Waals surface area contributed by atoms with Crippen LogP contribution in [0.15, 0.2) is 0 Å². The number of carbonyl (C=O) groups is 2. The Labute approximate surface area is 115 Å². The third-order valence-corrected chi connectivity index (χ3v) is 3.12. The highest BCUT2D eigenvalue weighted by atomic mass is 19.4. The van der Waals surface area contributed by atoms with Crippen molar-refractivity contribution in [3.63, 3.8) is 0 Å². The zero-order valence-corrected chi connectivity index (χ0v) is 11.5. The Kier molecular flexibility index (Phi) is 5.79. The van der Waals surface area contributed by atoms with Gasteiger partial charge in [-0.25, -0.2) is 0 Å². The fourth-order valence-electron chi connectivity index (χ4n) is 2.26. The first kappa shape index (κ1) is 16.7. The van der Waals surface area contributed by atoms with E-state index >= 15 is 0 Å². The Morgan fingerprint density at radius 2 is 2.00 bits per heavy atom. The summed E-state index contributed by atoms with van der Waals surface area (Å²) in [4.78, 5) is 23.6. The van der Waals surface area contributed by atoms with Crippen LogP contribution < -0.4 is 5.32 Å². The number of rotatable bonds is 4. The minimum absolute atomic E-state index is 0.143. The summed E-state index contributed by atoms with van der Waals surface area (Å²) in [6.07, 6.45) is -4.49. The summed E-state index contributed by atoms with van der Waals surface area (Å²) in [5, 5.41) is 2.55. The zero-order chi connectivity index (χ0) is 15.3. The van der Waals surface area contributed by atoms with E-state index < -0.39 is 24.2 Å². The molecule has 20 heavy (non-hydrogen) atoms. The van der Waals surface area contributed by atoms with Crippen molar-refractivity contribution < 1.29 is 27.5 Å². The van der Waals surface area contributed by atoms with Gasteiger partial charge >= 0.3 is 6.18 Å². The third-order valence-electron chi connectivity index (χ3n) is 3.12. The summed E-state index contributed by atoms with van der Waals surface area (Å²) in [5.41, 5.74) is 0. The third kappa shape index (κ3) is 4.66. The molecular formula is C12H19F3N2O3. The highest BCUT2D eigenvalue weighted by Crippen LogP contribution is 2.32. The lowest BCUT2D eigenvalue weighted by molar-refractivity contribution is -0.199. The minimum Gasteiger partial charge on any atom is -0.372 e. The number of nitrogens with zero attached hydrogens (tertiary/aromatic N) is 1. The number of hydrogen-bond donors (Lipinski definition) is 1. The maximum atomic E-state index is 12.9. The van der Waals surface area contributed by atoms with Crippen LogP contribution >= 0.6 is 0 Å². The summed E-state index contributed by atoms with van der Waals surface area (Å²) in [6.45, 7) is 2.68. The van der Waals surface area contributed by atoms with E-state index in [0.29, 0.717) is 0 Å². The lowest BCUT2D eigenvalue weighted by Crippen LogP contribution is -2.58. The van der Waals surface area contributed by atoms with Crippen LogP contribution in [-0.4, -0.2) is 54.7 Å². The van der Waals surface area contributed by atoms with Crippen molar-refractivity contribution in [3.8, 4) is 0 Å². The zero-order valence-electron chi connectivity index (χ0n) is 11.5. The Morgan fingerprint density at radius 1 is 1.35 bits per heavy atom. The Hall–Kier alpha value is -1.31. The summed E-state index contributed by atoms with van der Waals surface area (Å²) in [7, 11) is 0. The predicted molar refractivity (Wildman–Crippen MR) is 64.9 cm³/mol. The van der Waals surface area contributed by atoms with Crippen LogP contribution in [0.4, 0.5) is 13.2 Å². The molecule has 0 aromatic rings. The van der Waals surface area contributed by atoms with Gasteiger partial charge in [-0.1, -0.05) is 0 Å². The summed E-state index contributed by atoms with van der Waals surface area (Å²) >= 11 is 0. The molecule has 1 N–H and O–H groups in total. The molecule has 2 amide bonds. The molecular weight excluding hydrogens is 277 g/mol. The van der Waals surface area contributed by atoms with E-state index in [0.717, 1.165) is 4.90 Å². The predicted octanol–water partition coefficient (Wildman–Crippen LogP) is 1.08. The van der Waals surface area contributed by atoms with Gasteiger partial charge in [0.05, 0.1) is 0 Å². The highest BCUT2D eigenvalue weighted by Gasteiger charge is 2.48. The molecule has 5 nitrogen and oxygen atoms in total.